The van der Waals surface area contributed by atoms with Crippen molar-refractivity contribution in [1.29, 1.82) is 0 Å². The fourth-order valence-corrected chi connectivity index (χ4v) is 3.92. The average Bonchev–Trinajstić information content (AvgIpc) is 2.80. The van der Waals surface area contributed by atoms with Gasteiger partial charge in [-0.3, -0.25) is 4.79 Å². The number of phenols is 1. The van der Waals surface area contributed by atoms with Crippen LogP contribution < -0.4 is 14.2 Å². The van der Waals surface area contributed by atoms with Gasteiger partial charge in [0.2, 0.25) is 5.75 Å². The van der Waals surface area contributed by atoms with Crippen LogP contribution in [0.5, 0.6) is 23.0 Å². The highest BCUT2D eigenvalue weighted by atomic mass is 16.5. The first kappa shape index (κ1) is 20.5. The van der Waals surface area contributed by atoms with Crippen molar-refractivity contribution in [2.75, 3.05) is 14.2 Å². The lowest BCUT2D eigenvalue weighted by atomic mass is 9.81. The highest BCUT2D eigenvalue weighted by molar-refractivity contribution is 6.00. The molecule has 5 heteroatoms. The summed E-state index contributed by atoms with van der Waals surface area (Å²) in [5.74, 6) is 1.28. The third-order valence-electron chi connectivity index (χ3n) is 5.50. The molecule has 3 aromatic carbocycles. The van der Waals surface area contributed by atoms with Crippen LogP contribution >= 0.6 is 0 Å². The van der Waals surface area contributed by atoms with Gasteiger partial charge >= 0.3 is 0 Å². The molecule has 0 radical (unpaired) electrons. The summed E-state index contributed by atoms with van der Waals surface area (Å²) in [4.78, 5) is 12.9. The van der Waals surface area contributed by atoms with Crippen LogP contribution in [0, 0.1) is 0 Å². The fourth-order valence-electron chi connectivity index (χ4n) is 3.92. The van der Waals surface area contributed by atoms with Gasteiger partial charge in [-0.15, -0.1) is 0 Å². The first-order valence-corrected chi connectivity index (χ1v) is 10.0. The first-order chi connectivity index (χ1) is 15.1. The lowest BCUT2D eigenvalue weighted by molar-refractivity contribution is 0.0399. The molecular weight excluding hydrogens is 392 g/mol. The second kappa shape index (κ2) is 8.56. The van der Waals surface area contributed by atoms with Gasteiger partial charge in [-0.1, -0.05) is 54.6 Å². The number of methoxy groups -OCH3 is 2. The summed E-state index contributed by atoms with van der Waals surface area (Å²) in [7, 11) is 2.98. The van der Waals surface area contributed by atoms with Crippen LogP contribution in [0.1, 0.15) is 34.3 Å². The van der Waals surface area contributed by atoms with Crippen LogP contribution in [0.4, 0.5) is 0 Å². The molecule has 0 spiro atoms. The Hall–Kier alpha value is -3.73. The summed E-state index contributed by atoms with van der Waals surface area (Å²) in [5, 5.41) is 10.1. The van der Waals surface area contributed by atoms with E-state index in [-0.39, 0.29) is 18.0 Å². The molecule has 1 aliphatic rings. The Bertz CT molecular complexity index is 1090. The van der Waals surface area contributed by atoms with Gasteiger partial charge in [-0.25, -0.2) is 0 Å². The molecule has 0 fully saturated rings. The standard InChI is InChI=1S/C26H24O5/c1-29-23-15-18(16-24(30-2)25(23)28)9-8-14-26(19-10-4-3-5-11-19)17-21(27)20-12-6-7-13-22(20)31-26/h3-13,15-16,28H,14,17H2,1-2H3/b9-8+. The van der Waals surface area contributed by atoms with Crippen LogP contribution in [-0.4, -0.2) is 25.1 Å². The molecule has 158 valence electrons. The Kier molecular flexibility index (Phi) is 5.67. The minimum absolute atomic E-state index is 0.0410. The van der Waals surface area contributed by atoms with Gasteiger partial charge in [0.15, 0.2) is 17.3 Å². The van der Waals surface area contributed by atoms with Crippen molar-refractivity contribution in [1.82, 2.24) is 0 Å². The Balaban J connectivity index is 1.69. The Morgan fingerprint density at radius 2 is 1.65 bits per heavy atom. The SMILES string of the molecule is COc1cc(/C=C/CC2(c3ccccc3)CC(=O)c3ccccc3O2)cc(OC)c1O. The molecule has 4 rings (SSSR count). The lowest BCUT2D eigenvalue weighted by Crippen LogP contribution is -2.39. The minimum atomic E-state index is -0.797. The van der Waals surface area contributed by atoms with E-state index < -0.39 is 5.60 Å². The monoisotopic (exact) mass is 416 g/mol. The predicted molar refractivity (Wildman–Crippen MR) is 119 cm³/mol. The average molecular weight is 416 g/mol. The van der Waals surface area contributed by atoms with Gasteiger partial charge in [-0.05, 0) is 35.4 Å². The van der Waals surface area contributed by atoms with E-state index in [0.29, 0.717) is 29.2 Å². The quantitative estimate of drug-likeness (QED) is 0.585. The minimum Gasteiger partial charge on any atom is -0.502 e. The summed E-state index contributed by atoms with van der Waals surface area (Å²) in [6, 6.07) is 20.6. The molecule has 0 saturated carbocycles. The van der Waals surface area contributed by atoms with E-state index in [9.17, 15) is 9.90 Å². The zero-order chi connectivity index (χ0) is 21.8. The lowest BCUT2D eigenvalue weighted by Gasteiger charge is -2.38. The molecule has 3 aromatic rings. The highest BCUT2D eigenvalue weighted by Gasteiger charge is 2.41. The normalized spacial score (nSPS) is 17.8. The molecule has 0 saturated heterocycles. The number of carbonyl (C=O) groups excluding carboxylic acids is 1. The number of fused-ring (bicyclic) bond motifs is 1. The zero-order valence-corrected chi connectivity index (χ0v) is 17.5. The maximum absolute atomic E-state index is 12.9. The topological polar surface area (TPSA) is 65.0 Å². The van der Waals surface area contributed by atoms with Gasteiger partial charge < -0.3 is 19.3 Å². The second-order valence-electron chi connectivity index (χ2n) is 7.44. The molecule has 0 amide bonds. The van der Waals surface area contributed by atoms with E-state index in [1.54, 1.807) is 18.2 Å². The van der Waals surface area contributed by atoms with Crippen LogP contribution in [0.15, 0.2) is 72.8 Å². The van der Waals surface area contributed by atoms with Gasteiger partial charge in [0.05, 0.1) is 26.2 Å². The van der Waals surface area contributed by atoms with Crippen molar-refractivity contribution in [3.8, 4) is 23.0 Å². The number of phenolic OH excluding ortho intramolecular Hbond substituents is 1. The Labute approximate surface area is 181 Å². The van der Waals surface area contributed by atoms with E-state index in [1.165, 1.54) is 14.2 Å². The molecule has 31 heavy (non-hydrogen) atoms. The number of hydrogen-bond acceptors (Lipinski definition) is 5. The number of Topliss-reactive ketones (excluding diaryl/α,β-unsaturated/α-hetero) is 1. The molecule has 1 aliphatic heterocycles. The van der Waals surface area contributed by atoms with E-state index >= 15 is 0 Å². The maximum atomic E-state index is 12.9. The maximum Gasteiger partial charge on any atom is 0.200 e. The van der Waals surface area contributed by atoms with Crippen molar-refractivity contribution >= 4 is 11.9 Å². The van der Waals surface area contributed by atoms with Crippen molar-refractivity contribution in [2.45, 2.75) is 18.4 Å². The zero-order valence-electron chi connectivity index (χ0n) is 17.5. The molecule has 0 bridgehead atoms. The summed E-state index contributed by atoms with van der Waals surface area (Å²) in [6.45, 7) is 0. The fraction of sp³-hybridized carbons (Fsp3) is 0.192. The first-order valence-electron chi connectivity index (χ1n) is 10.0. The van der Waals surface area contributed by atoms with Crippen LogP contribution in [0.3, 0.4) is 0 Å². The number of ketones is 1. The van der Waals surface area contributed by atoms with E-state index in [4.69, 9.17) is 14.2 Å². The number of hydrogen-bond donors (Lipinski definition) is 1. The van der Waals surface area contributed by atoms with Crippen molar-refractivity contribution < 1.29 is 24.1 Å². The molecule has 1 heterocycles. The highest BCUT2D eigenvalue weighted by Crippen LogP contribution is 2.42. The van der Waals surface area contributed by atoms with Gasteiger partial charge in [-0.2, -0.15) is 0 Å². The number of ether oxygens (including phenoxy) is 3. The van der Waals surface area contributed by atoms with Crippen molar-refractivity contribution in [2.24, 2.45) is 0 Å². The van der Waals surface area contributed by atoms with Crippen molar-refractivity contribution in [3.05, 3.63) is 89.5 Å². The molecule has 1 N–H and O–H groups in total. The molecule has 0 aliphatic carbocycles. The van der Waals surface area contributed by atoms with Gasteiger partial charge in [0.25, 0.3) is 0 Å². The molecule has 1 unspecified atom stereocenters. The predicted octanol–water partition coefficient (Wildman–Crippen LogP) is 5.37. The summed E-state index contributed by atoms with van der Waals surface area (Å²) < 4.78 is 16.9. The molecule has 0 aromatic heterocycles. The van der Waals surface area contributed by atoms with E-state index in [2.05, 4.69) is 0 Å². The van der Waals surface area contributed by atoms with E-state index in [1.807, 2.05) is 60.7 Å². The van der Waals surface area contributed by atoms with Crippen LogP contribution in [0.25, 0.3) is 6.08 Å². The summed E-state index contributed by atoms with van der Waals surface area (Å²) in [6.07, 6.45) is 4.62. The third kappa shape index (κ3) is 3.99. The molecular formula is C26H24O5. The van der Waals surface area contributed by atoms with Gasteiger partial charge in [0.1, 0.15) is 11.4 Å². The van der Waals surface area contributed by atoms with Crippen LogP contribution in [0.2, 0.25) is 0 Å². The number of carbonyl (C=O) groups is 1. The number of aromatic hydroxyl groups is 1. The largest absolute Gasteiger partial charge is 0.502 e. The smallest absolute Gasteiger partial charge is 0.200 e. The second-order valence-corrected chi connectivity index (χ2v) is 7.44. The molecule has 5 nitrogen and oxygen atoms in total. The van der Waals surface area contributed by atoms with Gasteiger partial charge in [0, 0.05) is 6.42 Å². The Morgan fingerprint density at radius 3 is 2.32 bits per heavy atom. The number of para-hydroxylation sites is 1. The Morgan fingerprint density at radius 1 is 1.00 bits per heavy atom. The van der Waals surface area contributed by atoms with Crippen LogP contribution in [-0.2, 0) is 5.60 Å². The summed E-state index contributed by atoms with van der Waals surface area (Å²) in [5.41, 5.74) is 1.57. The third-order valence-corrected chi connectivity index (χ3v) is 5.50. The van der Waals surface area contributed by atoms with E-state index in [0.717, 1.165) is 11.1 Å². The number of benzene rings is 3. The number of rotatable bonds is 6. The molecule has 1 atom stereocenters. The van der Waals surface area contributed by atoms with Crippen molar-refractivity contribution in [3.63, 3.8) is 0 Å². The summed E-state index contributed by atoms with van der Waals surface area (Å²) >= 11 is 0.